The maximum Gasteiger partial charge on any atom is 0.407 e. The Morgan fingerprint density at radius 3 is 2.20 bits per heavy atom. The molecule has 0 aromatic rings. The second-order valence-electron chi connectivity index (χ2n) is 4.05. The molecule has 2 atom stereocenters. The number of amides is 3. The molecule has 3 amide bonds. The molecule has 112 valence electrons. The number of ether oxygens (including phenoxy) is 2. The number of hydrogen-bond donors (Lipinski definition) is 1. The quantitative estimate of drug-likeness (QED) is 0.669. The number of methoxy groups -OCH3 is 2. The summed E-state index contributed by atoms with van der Waals surface area (Å²) in [6.45, 7) is 1.51. The smallest absolute Gasteiger partial charge is 0.407 e. The third-order valence-electron chi connectivity index (χ3n) is 2.74. The van der Waals surface area contributed by atoms with Crippen molar-refractivity contribution >= 4 is 23.9 Å². The average Bonchev–Trinajstić information content (AvgIpc) is 2.75. The van der Waals surface area contributed by atoms with Crippen molar-refractivity contribution in [2.75, 3.05) is 14.2 Å². The number of carbonyl (C=O) groups excluding carboxylic acids is 4. The summed E-state index contributed by atoms with van der Waals surface area (Å²) in [5.74, 6) is -2.20. The molecule has 1 aliphatic heterocycles. The van der Waals surface area contributed by atoms with Gasteiger partial charge in [-0.1, -0.05) is 0 Å². The normalized spacial score (nSPS) is 17.6. The van der Waals surface area contributed by atoms with E-state index in [4.69, 9.17) is 9.57 Å². The fraction of sp³-hybridized carbons (Fsp3) is 0.636. The summed E-state index contributed by atoms with van der Waals surface area (Å²) in [6.07, 6.45) is -1.63. The van der Waals surface area contributed by atoms with Crippen LogP contribution in [0.3, 0.4) is 0 Å². The number of nitrogens with one attached hydrogen (secondary N) is 1. The van der Waals surface area contributed by atoms with Crippen molar-refractivity contribution in [1.29, 1.82) is 0 Å². The van der Waals surface area contributed by atoms with Gasteiger partial charge in [-0.15, -0.1) is 5.06 Å². The van der Waals surface area contributed by atoms with Crippen molar-refractivity contribution < 1.29 is 33.5 Å². The van der Waals surface area contributed by atoms with Crippen LogP contribution in [-0.2, 0) is 28.7 Å². The van der Waals surface area contributed by atoms with Crippen molar-refractivity contribution in [3.8, 4) is 0 Å². The van der Waals surface area contributed by atoms with E-state index in [9.17, 15) is 19.2 Å². The first kappa shape index (κ1) is 15.9. The van der Waals surface area contributed by atoms with Gasteiger partial charge in [0.15, 0.2) is 6.04 Å². The van der Waals surface area contributed by atoms with Gasteiger partial charge in [0.2, 0.25) is 0 Å². The number of alkyl carbamates (subject to hydrolysis) is 1. The molecule has 0 bridgehead atoms. The lowest BCUT2D eigenvalue weighted by atomic mass is 10.2. The second-order valence-corrected chi connectivity index (χ2v) is 4.05. The summed E-state index contributed by atoms with van der Waals surface area (Å²) in [4.78, 5) is 50.5. The molecule has 20 heavy (non-hydrogen) atoms. The maximum atomic E-state index is 11.9. The number of hydroxylamine groups is 2. The molecule has 0 aromatic carbocycles. The molecule has 9 heteroatoms. The lowest BCUT2D eigenvalue weighted by Crippen LogP contribution is -2.51. The van der Waals surface area contributed by atoms with E-state index in [2.05, 4.69) is 10.1 Å². The number of rotatable bonds is 5. The van der Waals surface area contributed by atoms with Crippen molar-refractivity contribution in [1.82, 2.24) is 10.4 Å². The molecular weight excluding hydrogens is 272 g/mol. The molecule has 9 nitrogen and oxygen atoms in total. The van der Waals surface area contributed by atoms with E-state index in [0.29, 0.717) is 5.06 Å². The number of carbonyl (C=O) groups is 4. The monoisotopic (exact) mass is 288 g/mol. The first-order chi connectivity index (χ1) is 9.40. The highest BCUT2D eigenvalue weighted by Crippen LogP contribution is 2.13. The lowest BCUT2D eigenvalue weighted by Gasteiger charge is -2.23. The van der Waals surface area contributed by atoms with Gasteiger partial charge in [0.05, 0.1) is 13.2 Å². The molecule has 1 heterocycles. The summed E-state index contributed by atoms with van der Waals surface area (Å²) in [5.41, 5.74) is 0. The van der Waals surface area contributed by atoms with Crippen LogP contribution < -0.4 is 5.32 Å². The molecule has 1 saturated heterocycles. The van der Waals surface area contributed by atoms with Crippen molar-refractivity contribution in [3.05, 3.63) is 0 Å². The molecule has 0 aromatic heterocycles. The third kappa shape index (κ3) is 3.67. The number of nitrogens with zero attached hydrogens (tertiary/aromatic N) is 1. The van der Waals surface area contributed by atoms with E-state index in [-0.39, 0.29) is 12.8 Å². The Bertz CT molecular complexity index is 407. The van der Waals surface area contributed by atoms with Crippen LogP contribution in [0.4, 0.5) is 4.79 Å². The van der Waals surface area contributed by atoms with Crippen LogP contribution in [0.25, 0.3) is 0 Å². The highest BCUT2D eigenvalue weighted by atomic mass is 16.7. The third-order valence-corrected chi connectivity index (χ3v) is 2.74. The van der Waals surface area contributed by atoms with Crippen LogP contribution in [-0.4, -0.2) is 55.3 Å². The summed E-state index contributed by atoms with van der Waals surface area (Å²) >= 11 is 0. The average molecular weight is 288 g/mol. The van der Waals surface area contributed by atoms with Crippen LogP contribution >= 0.6 is 0 Å². The van der Waals surface area contributed by atoms with Crippen molar-refractivity contribution in [3.63, 3.8) is 0 Å². The highest BCUT2D eigenvalue weighted by Gasteiger charge is 2.37. The molecular formula is C11H16N2O7. The Morgan fingerprint density at radius 2 is 1.75 bits per heavy atom. The van der Waals surface area contributed by atoms with Gasteiger partial charge in [0.25, 0.3) is 11.8 Å². The molecule has 0 aliphatic carbocycles. The van der Waals surface area contributed by atoms with E-state index in [0.717, 1.165) is 7.11 Å². The fourth-order valence-electron chi connectivity index (χ4n) is 1.49. The van der Waals surface area contributed by atoms with Crippen LogP contribution in [0.15, 0.2) is 0 Å². The second kappa shape index (κ2) is 6.85. The van der Waals surface area contributed by atoms with E-state index in [1.165, 1.54) is 14.0 Å². The minimum atomic E-state index is -1.21. The van der Waals surface area contributed by atoms with Gasteiger partial charge >= 0.3 is 12.1 Å². The standard InChI is InChI=1S/C11H16N2O7/c1-6(18-2)9(12-11(17)19-3)10(16)20-13-7(14)4-5-8(13)15/h6,9H,4-5H2,1-3H3,(H,12,17)/t6-,9?/m1/s1. The van der Waals surface area contributed by atoms with Crippen molar-refractivity contribution in [2.45, 2.75) is 31.9 Å². The van der Waals surface area contributed by atoms with Gasteiger partial charge in [0, 0.05) is 20.0 Å². The molecule has 1 rings (SSSR count). The zero-order valence-corrected chi connectivity index (χ0v) is 11.4. The highest BCUT2D eigenvalue weighted by molar-refractivity contribution is 6.01. The molecule has 1 aliphatic rings. The van der Waals surface area contributed by atoms with E-state index in [1.807, 2.05) is 0 Å². The SMILES string of the molecule is COC(=O)NC(C(=O)ON1C(=O)CCC1=O)[C@@H](C)OC. The van der Waals surface area contributed by atoms with Gasteiger partial charge < -0.3 is 19.6 Å². The van der Waals surface area contributed by atoms with Gasteiger partial charge in [0.1, 0.15) is 0 Å². The topological polar surface area (TPSA) is 111 Å². The fourth-order valence-corrected chi connectivity index (χ4v) is 1.49. The maximum absolute atomic E-state index is 11.9. The van der Waals surface area contributed by atoms with Crippen LogP contribution in [0, 0.1) is 0 Å². The Balaban J connectivity index is 2.74. The molecule has 1 N–H and O–H groups in total. The van der Waals surface area contributed by atoms with E-state index >= 15 is 0 Å². The van der Waals surface area contributed by atoms with Gasteiger partial charge in [-0.05, 0) is 6.92 Å². The Hall–Kier alpha value is -2.16. The summed E-state index contributed by atoms with van der Waals surface area (Å²) in [6, 6.07) is -1.21. The van der Waals surface area contributed by atoms with Gasteiger partial charge in [-0.25, -0.2) is 9.59 Å². The van der Waals surface area contributed by atoms with Gasteiger partial charge in [-0.2, -0.15) is 0 Å². The lowest BCUT2D eigenvalue weighted by molar-refractivity contribution is -0.200. The molecule has 1 fully saturated rings. The minimum absolute atomic E-state index is 0.0129. The molecule has 1 unspecified atom stereocenters. The molecule has 0 spiro atoms. The Morgan fingerprint density at radius 1 is 1.20 bits per heavy atom. The summed E-state index contributed by atoms with van der Waals surface area (Å²) in [7, 11) is 2.46. The molecule has 0 radical (unpaired) electrons. The Labute approximate surface area is 115 Å². The first-order valence-electron chi connectivity index (χ1n) is 5.85. The molecule has 0 saturated carbocycles. The van der Waals surface area contributed by atoms with Crippen molar-refractivity contribution in [2.24, 2.45) is 0 Å². The number of imide groups is 1. The minimum Gasteiger partial charge on any atom is -0.453 e. The number of hydrogen-bond acceptors (Lipinski definition) is 7. The van der Waals surface area contributed by atoms with Crippen LogP contribution in [0.1, 0.15) is 19.8 Å². The summed E-state index contributed by atoms with van der Waals surface area (Å²) in [5, 5.41) is 2.61. The van der Waals surface area contributed by atoms with Crippen LogP contribution in [0.5, 0.6) is 0 Å². The predicted molar refractivity (Wildman–Crippen MR) is 63.0 cm³/mol. The summed E-state index contributed by atoms with van der Waals surface area (Å²) < 4.78 is 9.31. The van der Waals surface area contributed by atoms with Gasteiger partial charge in [-0.3, -0.25) is 9.59 Å². The first-order valence-corrected chi connectivity index (χ1v) is 5.85. The largest absolute Gasteiger partial charge is 0.453 e. The zero-order valence-electron chi connectivity index (χ0n) is 11.4. The zero-order chi connectivity index (χ0) is 15.3. The predicted octanol–water partition coefficient (Wildman–Crippen LogP) is -0.647. The van der Waals surface area contributed by atoms with Crippen LogP contribution in [0.2, 0.25) is 0 Å². The van der Waals surface area contributed by atoms with E-state index < -0.39 is 36.0 Å². The van der Waals surface area contributed by atoms with E-state index in [1.54, 1.807) is 0 Å². The Kier molecular flexibility index (Phi) is 5.44.